The topological polar surface area (TPSA) is 96.3 Å². The normalized spacial score (nSPS) is 11.8. The van der Waals surface area contributed by atoms with Gasteiger partial charge in [0, 0.05) is 29.2 Å². The number of aromatic nitrogens is 5. The Kier molecular flexibility index (Phi) is 4.72. The van der Waals surface area contributed by atoms with Crippen molar-refractivity contribution in [1.82, 2.24) is 25.1 Å². The summed E-state index contributed by atoms with van der Waals surface area (Å²) in [4.78, 5) is 12.5. The van der Waals surface area contributed by atoms with Gasteiger partial charge in [-0.2, -0.15) is 16.4 Å². The van der Waals surface area contributed by atoms with Gasteiger partial charge < -0.3 is 10.7 Å². The first kappa shape index (κ1) is 19.0. The summed E-state index contributed by atoms with van der Waals surface area (Å²) < 4.78 is 0. The summed E-state index contributed by atoms with van der Waals surface area (Å²) in [6.07, 6.45) is 7.23. The van der Waals surface area contributed by atoms with Gasteiger partial charge in [0.05, 0.1) is 22.6 Å². The maximum absolute atomic E-state index is 5.90. The van der Waals surface area contributed by atoms with Crippen LogP contribution in [0.4, 0.5) is 5.69 Å². The molecule has 0 amide bonds. The van der Waals surface area contributed by atoms with Gasteiger partial charge in [-0.05, 0) is 59.2 Å². The molecule has 0 aromatic carbocycles. The second kappa shape index (κ2) is 7.70. The molecule has 0 saturated carbocycles. The number of anilines is 1. The summed E-state index contributed by atoms with van der Waals surface area (Å²) in [5.74, 6) is 0. The van der Waals surface area contributed by atoms with Crippen LogP contribution in [0.15, 0.2) is 72.2 Å². The first-order chi connectivity index (χ1) is 15.1. The highest BCUT2D eigenvalue weighted by atomic mass is 32.1. The van der Waals surface area contributed by atoms with Gasteiger partial charge in [-0.3, -0.25) is 10.1 Å². The number of H-pyrrole nitrogens is 2. The molecule has 7 heteroatoms. The van der Waals surface area contributed by atoms with Crippen molar-refractivity contribution in [3.8, 4) is 22.6 Å². The van der Waals surface area contributed by atoms with Crippen LogP contribution in [0.3, 0.4) is 0 Å². The monoisotopic (exact) mass is 424 g/mol. The van der Waals surface area contributed by atoms with Crippen molar-refractivity contribution in [2.75, 3.05) is 5.73 Å². The molecule has 0 aliphatic rings. The zero-order valence-corrected chi connectivity index (χ0v) is 17.7. The SMILES string of the molecule is C=C/C=C(/c1ccsc1)c1cc(-c2n[nH]c3ccc(-c4cncc(N)c4)nc23)[nH]c1C. The number of aromatic amines is 2. The van der Waals surface area contributed by atoms with Crippen molar-refractivity contribution >= 4 is 33.6 Å². The standard InChI is InChI=1S/C24H20N6S/c1-3-4-18(15-7-8-31-13-15)19-10-22(27-14(19)2)24-23-21(29-30-24)6-5-20(28-23)16-9-17(25)12-26-11-16/h3-13,27H,1,25H2,2H3,(H,29,30)/b18-4-. The van der Waals surface area contributed by atoms with Crippen molar-refractivity contribution < 1.29 is 0 Å². The summed E-state index contributed by atoms with van der Waals surface area (Å²) in [7, 11) is 0. The number of thiophene rings is 1. The molecule has 5 aromatic rings. The quantitative estimate of drug-likeness (QED) is 0.321. The number of nitrogens with one attached hydrogen (secondary N) is 2. The second-order valence-electron chi connectivity index (χ2n) is 7.22. The van der Waals surface area contributed by atoms with Gasteiger partial charge in [-0.1, -0.05) is 18.7 Å². The van der Waals surface area contributed by atoms with Crippen LogP contribution in [0.25, 0.3) is 39.3 Å². The van der Waals surface area contributed by atoms with Crippen LogP contribution in [0.5, 0.6) is 0 Å². The number of allylic oxidation sites excluding steroid dienone is 2. The molecule has 5 aromatic heterocycles. The molecule has 0 radical (unpaired) electrons. The Morgan fingerprint density at radius 1 is 1.19 bits per heavy atom. The van der Waals surface area contributed by atoms with E-state index in [4.69, 9.17) is 10.7 Å². The van der Waals surface area contributed by atoms with E-state index in [1.807, 2.05) is 30.4 Å². The van der Waals surface area contributed by atoms with Crippen molar-refractivity contribution in [2.24, 2.45) is 0 Å². The molecular formula is C24H20N6S. The highest BCUT2D eigenvalue weighted by Crippen LogP contribution is 2.33. The largest absolute Gasteiger partial charge is 0.397 e. The fourth-order valence-electron chi connectivity index (χ4n) is 3.69. The molecule has 0 fully saturated rings. The second-order valence-corrected chi connectivity index (χ2v) is 8.00. The lowest BCUT2D eigenvalue weighted by Gasteiger charge is -2.04. The molecule has 0 aliphatic carbocycles. The van der Waals surface area contributed by atoms with Crippen LogP contribution in [-0.2, 0) is 0 Å². The van der Waals surface area contributed by atoms with E-state index >= 15 is 0 Å². The van der Waals surface area contributed by atoms with E-state index in [9.17, 15) is 0 Å². The zero-order valence-electron chi connectivity index (χ0n) is 16.9. The predicted molar refractivity (Wildman–Crippen MR) is 128 cm³/mol. The van der Waals surface area contributed by atoms with E-state index in [0.717, 1.165) is 50.5 Å². The summed E-state index contributed by atoms with van der Waals surface area (Å²) in [6, 6.07) is 10.0. The highest BCUT2D eigenvalue weighted by molar-refractivity contribution is 7.08. The van der Waals surface area contributed by atoms with Gasteiger partial charge in [0.15, 0.2) is 0 Å². The molecule has 0 saturated heterocycles. The maximum atomic E-state index is 5.90. The molecule has 0 bridgehead atoms. The number of nitrogen functional groups attached to an aromatic ring is 1. The fourth-order valence-corrected chi connectivity index (χ4v) is 4.34. The summed E-state index contributed by atoms with van der Waals surface area (Å²) >= 11 is 1.67. The Morgan fingerprint density at radius 3 is 2.87 bits per heavy atom. The fraction of sp³-hybridized carbons (Fsp3) is 0.0417. The predicted octanol–water partition coefficient (Wildman–Crippen LogP) is 5.58. The number of rotatable bonds is 5. The molecular weight excluding hydrogens is 404 g/mol. The van der Waals surface area contributed by atoms with Crippen molar-refractivity contribution in [3.05, 3.63) is 89.0 Å². The lowest BCUT2D eigenvalue weighted by atomic mass is 10.00. The third kappa shape index (κ3) is 3.45. The molecule has 0 unspecified atom stereocenters. The lowest BCUT2D eigenvalue weighted by Crippen LogP contribution is -1.90. The van der Waals surface area contributed by atoms with Gasteiger partial charge in [-0.25, -0.2) is 4.98 Å². The van der Waals surface area contributed by atoms with E-state index in [0.29, 0.717) is 5.69 Å². The number of hydrogen-bond acceptors (Lipinski definition) is 5. The number of aryl methyl sites for hydroxylation is 1. The summed E-state index contributed by atoms with van der Waals surface area (Å²) in [6.45, 7) is 5.95. The number of nitrogens with two attached hydrogens (primary N) is 1. The van der Waals surface area contributed by atoms with E-state index in [1.165, 1.54) is 5.56 Å². The van der Waals surface area contributed by atoms with Crippen LogP contribution in [0.2, 0.25) is 0 Å². The summed E-state index contributed by atoms with van der Waals surface area (Å²) in [5.41, 5.74) is 15.9. The van der Waals surface area contributed by atoms with Crippen LogP contribution in [0.1, 0.15) is 16.8 Å². The van der Waals surface area contributed by atoms with Gasteiger partial charge in [0.2, 0.25) is 0 Å². The zero-order chi connectivity index (χ0) is 21.4. The molecule has 31 heavy (non-hydrogen) atoms. The van der Waals surface area contributed by atoms with Crippen LogP contribution in [-0.4, -0.2) is 25.1 Å². The van der Waals surface area contributed by atoms with Crippen molar-refractivity contribution in [3.63, 3.8) is 0 Å². The Hall–Kier alpha value is -3.97. The smallest absolute Gasteiger partial charge is 0.135 e. The molecule has 6 nitrogen and oxygen atoms in total. The van der Waals surface area contributed by atoms with Crippen LogP contribution in [0, 0.1) is 6.92 Å². The maximum Gasteiger partial charge on any atom is 0.135 e. The van der Waals surface area contributed by atoms with Gasteiger partial charge in [0.1, 0.15) is 11.2 Å². The van der Waals surface area contributed by atoms with Crippen LogP contribution >= 0.6 is 11.3 Å². The van der Waals surface area contributed by atoms with E-state index in [-0.39, 0.29) is 0 Å². The number of pyridine rings is 2. The van der Waals surface area contributed by atoms with Gasteiger partial charge in [0.25, 0.3) is 0 Å². The Bertz CT molecular complexity index is 1420. The molecule has 4 N–H and O–H groups in total. The van der Waals surface area contributed by atoms with Crippen molar-refractivity contribution in [2.45, 2.75) is 6.92 Å². The average molecular weight is 425 g/mol. The highest BCUT2D eigenvalue weighted by Gasteiger charge is 2.17. The molecule has 0 aliphatic heterocycles. The first-order valence-corrected chi connectivity index (χ1v) is 10.7. The van der Waals surface area contributed by atoms with Gasteiger partial charge in [-0.15, -0.1) is 0 Å². The third-order valence-corrected chi connectivity index (χ3v) is 5.82. The summed E-state index contributed by atoms with van der Waals surface area (Å²) in [5, 5.41) is 11.8. The minimum Gasteiger partial charge on any atom is -0.397 e. The number of nitrogens with zero attached hydrogens (tertiary/aromatic N) is 3. The molecule has 0 spiro atoms. The van der Waals surface area contributed by atoms with Gasteiger partial charge >= 0.3 is 0 Å². The number of fused-ring (bicyclic) bond motifs is 1. The molecule has 5 rings (SSSR count). The first-order valence-electron chi connectivity index (χ1n) is 9.75. The minimum atomic E-state index is 0.603. The Labute approximate surface area is 183 Å². The number of hydrogen-bond donors (Lipinski definition) is 3. The van der Waals surface area contributed by atoms with Crippen LogP contribution < -0.4 is 5.73 Å². The Morgan fingerprint density at radius 2 is 2.10 bits per heavy atom. The van der Waals surface area contributed by atoms with E-state index in [2.05, 4.69) is 56.6 Å². The minimum absolute atomic E-state index is 0.603. The third-order valence-electron chi connectivity index (χ3n) is 5.14. The molecule has 0 atom stereocenters. The van der Waals surface area contributed by atoms with E-state index < -0.39 is 0 Å². The Balaban J connectivity index is 1.62. The van der Waals surface area contributed by atoms with Crippen molar-refractivity contribution in [1.29, 1.82) is 0 Å². The molecule has 152 valence electrons. The average Bonchev–Trinajstić information content (AvgIpc) is 3.51. The lowest BCUT2D eigenvalue weighted by molar-refractivity contribution is 1.11. The molecule has 5 heterocycles. The van der Waals surface area contributed by atoms with E-state index in [1.54, 1.807) is 23.7 Å².